The van der Waals surface area contributed by atoms with Crippen LogP contribution in [0.3, 0.4) is 0 Å². The minimum absolute atomic E-state index is 0.0141. The number of allylic oxidation sites excluding steroid dienone is 2. The fourth-order valence-corrected chi connectivity index (χ4v) is 2.48. The molecule has 1 unspecified atom stereocenters. The predicted octanol–water partition coefficient (Wildman–Crippen LogP) is 1.92. The molecule has 0 radical (unpaired) electrons. The summed E-state index contributed by atoms with van der Waals surface area (Å²) in [5.74, 6) is -3.94. The Hall–Kier alpha value is -3.03. The lowest BCUT2D eigenvalue weighted by Gasteiger charge is -2.22. The van der Waals surface area contributed by atoms with Crippen molar-refractivity contribution in [1.82, 2.24) is 14.8 Å². The van der Waals surface area contributed by atoms with Gasteiger partial charge in [-0.3, -0.25) is 4.79 Å². The molecule has 7 nitrogen and oxygen atoms in total. The standard InChI is InChI=1S/C15H12FN3O4/c1-7-11(20)10(6-8-2-4-9(16)5-3-8)14(21)19-13(7)17-12(18-19)15(22)23/h2-5,10,20H,6H2,1H3,(H,22,23). The number of aliphatic hydroxyl groups is 1. The van der Waals surface area contributed by atoms with Gasteiger partial charge in [0.25, 0.3) is 11.7 Å². The van der Waals surface area contributed by atoms with Gasteiger partial charge in [0, 0.05) is 5.57 Å². The first-order valence-corrected chi connectivity index (χ1v) is 6.77. The molecule has 0 amide bonds. The number of nitrogens with zero attached hydrogens (tertiary/aromatic N) is 3. The maximum atomic E-state index is 13.0. The molecule has 1 aromatic heterocycles. The van der Waals surface area contributed by atoms with Crippen LogP contribution in [0, 0.1) is 11.7 Å². The normalized spacial score (nSPS) is 17.3. The Bertz CT molecular complexity index is 839. The van der Waals surface area contributed by atoms with Crippen LogP contribution in [0.4, 0.5) is 4.39 Å². The molecule has 0 fully saturated rings. The Morgan fingerprint density at radius 2 is 2.00 bits per heavy atom. The number of aromatic nitrogens is 3. The number of aromatic carboxylic acids is 1. The summed E-state index contributed by atoms with van der Waals surface area (Å²) in [6.07, 6.45) is 0.143. The van der Waals surface area contributed by atoms with Gasteiger partial charge in [-0.2, -0.15) is 4.68 Å². The highest BCUT2D eigenvalue weighted by Crippen LogP contribution is 2.30. The van der Waals surface area contributed by atoms with Crippen LogP contribution in [0.5, 0.6) is 0 Å². The number of hydrogen-bond acceptors (Lipinski definition) is 5. The average molecular weight is 317 g/mol. The maximum absolute atomic E-state index is 13.0. The van der Waals surface area contributed by atoms with Crippen molar-refractivity contribution in [3.63, 3.8) is 0 Å². The van der Waals surface area contributed by atoms with Gasteiger partial charge in [-0.1, -0.05) is 12.1 Å². The summed E-state index contributed by atoms with van der Waals surface area (Å²) in [6.45, 7) is 1.53. The third-order valence-electron chi connectivity index (χ3n) is 3.71. The van der Waals surface area contributed by atoms with Gasteiger partial charge < -0.3 is 10.2 Å². The molecule has 0 saturated heterocycles. The number of fused-ring (bicyclic) bond motifs is 1. The lowest BCUT2D eigenvalue weighted by molar-refractivity contribution is 0.0683. The lowest BCUT2D eigenvalue weighted by Crippen LogP contribution is -2.32. The Kier molecular flexibility index (Phi) is 3.44. The van der Waals surface area contributed by atoms with Crippen LogP contribution in [-0.4, -0.2) is 36.9 Å². The summed E-state index contributed by atoms with van der Waals surface area (Å²) >= 11 is 0. The fourth-order valence-electron chi connectivity index (χ4n) is 2.48. The monoisotopic (exact) mass is 317 g/mol. The van der Waals surface area contributed by atoms with Crippen LogP contribution in [0.15, 0.2) is 30.0 Å². The topological polar surface area (TPSA) is 105 Å². The molecule has 2 aromatic rings. The fraction of sp³-hybridized carbons (Fsp3) is 0.200. The van der Waals surface area contributed by atoms with E-state index in [1.54, 1.807) is 0 Å². The van der Waals surface area contributed by atoms with Gasteiger partial charge in [-0.15, -0.1) is 5.10 Å². The zero-order valence-corrected chi connectivity index (χ0v) is 12.0. The van der Waals surface area contributed by atoms with E-state index in [0.29, 0.717) is 5.56 Å². The molecule has 3 rings (SSSR count). The van der Waals surface area contributed by atoms with E-state index in [4.69, 9.17) is 5.11 Å². The van der Waals surface area contributed by atoms with Crippen LogP contribution < -0.4 is 0 Å². The molecular weight excluding hydrogens is 305 g/mol. The second-order valence-corrected chi connectivity index (χ2v) is 5.21. The van der Waals surface area contributed by atoms with Crippen molar-refractivity contribution in [2.75, 3.05) is 0 Å². The van der Waals surface area contributed by atoms with Crippen molar-refractivity contribution in [1.29, 1.82) is 0 Å². The number of rotatable bonds is 3. The molecule has 1 aromatic carbocycles. The highest BCUT2D eigenvalue weighted by Gasteiger charge is 2.36. The second kappa shape index (κ2) is 5.31. The number of benzene rings is 1. The van der Waals surface area contributed by atoms with Crippen LogP contribution in [0.25, 0.3) is 5.57 Å². The van der Waals surface area contributed by atoms with E-state index in [1.165, 1.54) is 31.2 Å². The summed E-state index contributed by atoms with van der Waals surface area (Å²) < 4.78 is 13.8. The highest BCUT2D eigenvalue weighted by atomic mass is 19.1. The number of carboxylic acids is 1. The Balaban J connectivity index is 1.99. The third kappa shape index (κ3) is 2.48. The number of hydrogen-bond donors (Lipinski definition) is 2. The molecule has 1 aliphatic heterocycles. The molecule has 23 heavy (non-hydrogen) atoms. The summed E-state index contributed by atoms with van der Waals surface area (Å²) in [7, 11) is 0. The minimum Gasteiger partial charge on any atom is -0.511 e. The molecule has 2 heterocycles. The van der Waals surface area contributed by atoms with Crippen molar-refractivity contribution < 1.29 is 24.2 Å². The smallest absolute Gasteiger partial charge is 0.375 e. The summed E-state index contributed by atoms with van der Waals surface area (Å²) in [5, 5.41) is 22.9. The van der Waals surface area contributed by atoms with E-state index in [9.17, 15) is 19.1 Å². The van der Waals surface area contributed by atoms with Crippen LogP contribution in [-0.2, 0) is 6.42 Å². The minimum atomic E-state index is -1.36. The molecule has 0 saturated carbocycles. The highest BCUT2D eigenvalue weighted by molar-refractivity contribution is 5.92. The molecule has 8 heteroatoms. The quantitative estimate of drug-likeness (QED) is 0.896. The van der Waals surface area contributed by atoms with Gasteiger partial charge in [-0.25, -0.2) is 14.2 Å². The van der Waals surface area contributed by atoms with E-state index in [-0.39, 0.29) is 23.6 Å². The average Bonchev–Trinajstić information content (AvgIpc) is 2.97. The predicted molar refractivity (Wildman–Crippen MR) is 76.4 cm³/mol. The van der Waals surface area contributed by atoms with E-state index in [0.717, 1.165) is 4.68 Å². The number of halogens is 1. The van der Waals surface area contributed by atoms with Crippen molar-refractivity contribution in [3.8, 4) is 0 Å². The Morgan fingerprint density at radius 3 is 2.61 bits per heavy atom. The Labute approximate surface area is 129 Å². The molecule has 0 bridgehead atoms. The van der Waals surface area contributed by atoms with Crippen LogP contribution in [0.2, 0.25) is 0 Å². The van der Waals surface area contributed by atoms with Crippen LogP contribution >= 0.6 is 0 Å². The number of aliphatic hydroxyl groups excluding tert-OH is 1. The third-order valence-corrected chi connectivity index (χ3v) is 3.71. The van der Waals surface area contributed by atoms with Gasteiger partial charge in [0.05, 0.1) is 0 Å². The van der Waals surface area contributed by atoms with Crippen LogP contribution in [0.1, 0.15) is 33.7 Å². The van der Waals surface area contributed by atoms with E-state index >= 15 is 0 Å². The molecule has 1 aliphatic rings. The van der Waals surface area contributed by atoms with Gasteiger partial charge in [0.1, 0.15) is 17.5 Å². The summed E-state index contributed by atoms with van der Waals surface area (Å²) in [4.78, 5) is 27.2. The largest absolute Gasteiger partial charge is 0.511 e. The molecule has 1 atom stereocenters. The lowest BCUT2D eigenvalue weighted by atomic mass is 9.92. The number of carboxylic acid groups (broad SMARTS) is 1. The summed E-state index contributed by atoms with van der Waals surface area (Å²) in [5.41, 5.74) is 0.947. The van der Waals surface area contributed by atoms with Gasteiger partial charge in [0.2, 0.25) is 0 Å². The maximum Gasteiger partial charge on any atom is 0.375 e. The van der Waals surface area contributed by atoms with Crippen molar-refractivity contribution >= 4 is 17.4 Å². The van der Waals surface area contributed by atoms with Gasteiger partial charge >= 0.3 is 5.97 Å². The zero-order chi connectivity index (χ0) is 16.7. The van der Waals surface area contributed by atoms with Gasteiger partial charge in [0.15, 0.2) is 5.82 Å². The van der Waals surface area contributed by atoms with E-state index in [1.807, 2.05) is 0 Å². The molecular formula is C15H12FN3O4. The molecule has 0 aliphatic carbocycles. The molecule has 0 spiro atoms. The SMILES string of the molecule is CC1=C(O)C(Cc2ccc(F)cc2)C(=O)n2nc(C(=O)O)nc21. The number of carbonyl (C=O) groups excluding carboxylic acids is 1. The van der Waals surface area contributed by atoms with Crippen molar-refractivity contribution in [2.24, 2.45) is 5.92 Å². The Morgan fingerprint density at radius 1 is 1.35 bits per heavy atom. The van der Waals surface area contributed by atoms with Crippen molar-refractivity contribution in [3.05, 3.63) is 53.1 Å². The molecule has 2 N–H and O–H groups in total. The van der Waals surface area contributed by atoms with Gasteiger partial charge in [-0.05, 0) is 31.0 Å². The summed E-state index contributed by atoms with van der Waals surface area (Å²) in [6, 6.07) is 5.56. The van der Waals surface area contributed by atoms with E-state index in [2.05, 4.69) is 10.1 Å². The van der Waals surface area contributed by atoms with E-state index < -0.39 is 29.4 Å². The van der Waals surface area contributed by atoms with Crippen molar-refractivity contribution in [2.45, 2.75) is 13.3 Å². The first kappa shape index (κ1) is 14.9. The first-order valence-electron chi connectivity index (χ1n) is 6.77. The zero-order valence-electron chi connectivity index (χ0n) is 12.0. The second-order valence-electron chi connectivity index (χ2n) is 5.21. The molecule has 118 valence electrons. The number of carbonyl (C=O) groups is 2. The first-order chi connectivity index (χ1) is 10.9.